The van der Waals surface area contributed by atoms with Gasteiger partial charge in [0.15, 0.2) is 5.96 Å². The lowest BCUT2D eigenvalue weighted by atomic mass is 9.45. The van der Waals surface area contributed by atoms with Crippen molar-refractivity contribution in [2.75, 3.05) is 32.1 Å². The van der Waals surface area contributed by atoms with Gasteiger partial charge in [0.05, 0.1) is 24.1 Å². The van der Waals surface area contributed by atoms with E-state index < -0.39 is 0 Å². The molecule has 5 atom stereocenters. The highest BCUT2D eigenvalue weighted by atomic mass is 19.1. The van der Waals surface area contributed by atoms with E-state index in [1.54, 1.807) is 23.8 Å². The Morgan fingerprint density at radius 1 is 1.02 bits per heavy atom. The predicted octanol–water partition coefficient (Wildman–Crippen LogP) is 6.70. The zero-order valence-corrected chi connectivity index (χ0v) is 30.1. The molecule has 4 aromatic rings. The number of hydrogen-bond acceptors (Lipinski definition) is 5. The first-order chi connectivity index (χ1) is 24.1. The molecule has 264 valence electrons. The zero-order chi connectivity index (χ0) is 35.0. The van der Waals surface area contributed by atoms with Crippen molar-refractivity contribution >= 4 is 22.5 Å². The van der Waals surface area contributed by atoms with E-state index in [4.69, 9.17) is 14.7 Å². The van der Waals surface area contributed by atoms with Crippen LogP contribution in [-0.4, -0.2) is 59.2 Å². The molecule has 4 fully saturated rings. The summed E-state index contributed by atoms with van der Waals surface area (Å²) >= 11 is 0. The third-order valence-electron chi connectivity index (χ3n) is 11.9. The minimum absolute atomic E-state index is 0.0592. The number of halogens is 1. The summed E-state index contributed by atoms with van der Waals surface area (Å²) in [7, 11) is 1.66. The van der Waals surface area contributed by atoms with Gasteiger partial charge < -0.3 is 20.3 Å². The van der Waals surface area contributed by atoms with Crippen LogP contribution in [0.4, 0.5) is 10.1 Å². The molecule has 2 heterocycles. The van der Waals surface area contributed by atoms with Crippen molar-refractivity contribution in [3.8, 4) is 5.75 Å². The first kappa shape index (κ1) is 34.2. The second-order valence-electron chi connectivity index (χ2n) is 15.3. The van der Waals surface area contributed by atoms with Crippen LogP contribution >= 0.6 is 0 Å². The minimum atomic E-state index is -0.267. The number of ether oxygens (including phenoxy) is 1. The maximum Gasteiger partial charge on any atom is 0.261 e. The average molecular weight is 679 g/mol. The highest BCUT2D eigenvalue weighted by molar-refractivity contribution is 5.96. The van der Waals surface area contributed by atoms with E-state index in [0.29, 0.717) is 53.6 Å². The highest BCUT2D eigenvalue weighted by Crippen LogP contribution is 2.61. The minimum Gasteiger partial charge on any atom is -0.497 e. The molecule has 1 aliphatic heterocycles. The molecule has 3 saturated carbocycles. The summed E-state index contributed by atoms with van der Waals surface area (Å²) in [6.07, 6.45) is 4.39. The largest absolute Gasteiger partial charge is 0.497 e. The number of methoxy groups -OCH3 is 1. The van der Waals surface area contributed by atoms with E-state index in [1.165, 1.54) is 18.6 Å². The molecule has 1 aromatic heterocycles. The summed E-state index contributed by atoms with van der Waals surface area (Å²) in [5, 5.41) is 7.86. The Kier molecular flexibility index (Phi) is 9.70. The summed E-state index contributed by atoms with van der Waals surface area (Å²) in [5.41, 5.74) is 4.02. The number of aromatic nitrogens is 2. The summed E-state index contributed by atoms with van der Waals surface area (Å²) in [5.74, 6) is 4.17. The Hall–Kier alpha value is -4.24. The van der Waals surface area contributed by atoms with Gasteiger partial charge in [-0.15, -0.1) is 0 Å². The maximum atomic E-state index is 14.1. The smallest absolute Gasteiger partial charge is 0.261 e. The van der Waals surface area contributed by atoms with Crippen LogP contribution in [0.5, 0.6) is 5.75 Å². The number of aryl methyl sites for hydroxylation is 3. The van der Waals surface area contributed by atoms with Gasteiger partial charge in [-0.05, 0) is 109 Å². The average Bonchev–Trinajstić information content (AvgIpc) is 3.11. The molecular weight excluding hydrogens is 627 g/mol. The number of anilines is 1. The molecule has 8 nitrogen and oxygen atoms in total. The quantitative estimate of drug-likeness (QED) is 0.151. The van der Waals surface area contributed by atoms with Crippen molar-refractivity contribution in [1.82, 2.24) is 19.8 Å². The number of rotatable bonds is 9. The second kappa shape index (κ2) is 14.2. The first-order valence-electron chi connectivity index (χ1n) is 18.3. The van der Waals surface area contributed by atoms with Crippen molar-refractivity contribution in [3.63, 3.8) is 0 Å². The molecule has 2 N–H and O–H groups in total. The first-order valence-corrected chi connectivity index (χ1v) is 18.3. The van der Waals surface area contributed by atoms with Crippen molar-refractivity contribution in [2.24, 2.45) is 28.2 Å². The van der Waals surface area contributed by atoms with Crippen LogP contribution in [0.3, 0.4) is 0 Å². The lowest BCUT2D eigenvalue weighted by Crippen LogP contribution is -2.57. The Labute approximate surface area is 295 Å². The van der Waals surface area contributed by atoms with Gasteiger partial charge in [-0.3, -0.25) is 9.36 Å². The molecule has 0 unspecified atom stereocenters. The number of hydrogen-bond donors (Lipinski definition) is 2. The number of nitrogens with one attached hydrogen (secondary N) is 2. The molecule has 3 aliphatic carbocycles. The lowest BCUT2D eigenvalue weighted by molar-refractivity contribution is -0.108. The molecular formula is C41H51FN6O2. The van der Waals surface area contributed by atoms with Crippen LogP contribution in [0, 0.1) is 29.0 Å². The standard InChI is InChI=1S/C41H51FN6O2/c1-26-25-47(21-19-43-26)40(46-36-23-30-22-35(27(36)2)41(30,3)4)44-32-13-16-34-37(24-32)45-38(17-10-28-8-14-33(50-5)15-9-28)48(39(34)49)20-18-29-6-11-31(42)12-7-29/h6-9,11-16,24,26-27,30,35-36,43H,10,17-23,25H2,1-5H3,(H,44,46)/t26-,27-,30-,35+,36-/m0/s1. The zero-order valence-electron chi connectivity index (χ0n) is 30.1. The number of fused-ring (bicyclic) bond motifs is 3. The van der Waals surface area contributed by atoms with Crippen molar-refractivity contribution in [2.45, 2.75) is 78.4 Å². The predicted molar refractivity (Wildman–Crippen MR) is 200 cm³/mol. The molecule has 2 bridgehead atoms. The Morgan fingerprint density at radius 2 is 1.76 bits per heavy atom. The topological polar surface area (TPSA) is 83.8 Å². The van der Waals surface area contributed by atoms with E-state index in [-0.39, 0.29) is 17.4 Å². The van der Waals surface area contributed by atoms with Crippen molar-refractivity contribution < 1.29 is 9.13 Å². The fraction of sp³-hybridized carbons (Fsp3) is 0.488. The Bertz CT molecular complexity index is 1900. The number of piperazine rings is 1. The van der Waals surface area contributed by atoms with Crippen molar-refractivity contribution in [3.05, 3.63) is 99.9 Å². The van der Waals surface area contributed by atoms with Crippen LogP contribution in [0.1, 0.15) is 57.5 Å². The highest BCUT2D eigenvalue weighted by Gasteiger charge is 2.56. The van der Waals surface area contributed by atoms with Gasteiger partial charge in [-0.1, -0.05) is 45.0 Å². The molecule has 1 saturated heterocycles. The maximum absolute atomic E-state index is 14.1. The molecule has 0 radical (unpaired) electrons. The van der Waals surface area contributed by atoms with Crippen LogP contribution in [0.15, 0.2) is 76.5 Å². The molecule has 3 aromatic carbocycles. The van der Waals surface area contributed by atoms with Gasteiger partial charge in [0.1, 0.15) is 17.4 Å². The van der Waals surface area contributed by atoms with E-state index in [0.717, 1.165) is 72.7 Å². The molecule has 0 amide bonds. The third kappa shape index (κ3) is 7.02. The van der Waals surface area contributed by atoms with E-state index in [9.17, 15) is 9.18 Å². The Balaban J connectivity index is 1.20. The van der Waals surface area contributed by atoms with Gasteiger partial charge in [0.25, 0.3) is 5.56 Å². The number of aliphatic imine (C=N–C) groups is 1. The second-order valence-corrected chi connectivity index (χ2v) is 15.3. The van der Waals surface area contributed by atoms with Gasteiger partial charge in [-0.2, -0.15) is 0 Å². The summed E-state index contributed by atoms with van der Waals surface area (Å²) in [6, 6.07) is 21.0. The summed E-state index contributed by atoms with van der Waals surface area (Å²) < 4.78 is 20.7. The van der Waals surface area contributed by atoms with Gasteiger partial charge >= 0.3 is 0 Å². The van der Waals surface area contributed by atoms with Gasteiger partial charge in [0.2, 0.25) is 0 Å². The van der Waals surface area contributed by atoms with Gasteiger partial charge in [0, 0.05) is 44.3 Å². The monoisotopic (exact) mass is 678 g/mol. The number of benzene rings is 3. The van der Waals surface area contributed by atoms with Crippen LogP contribution in [0.2, 0.25) is 0 Å². The lowest BCUT2D eigenvalue weighted by Gasteiger charge is -2.61. The summed E-state index contributed by atoms with van der Waals surface area (Å²) in [6.45, 7) is 12.6. The summed E-state index contributed by atoms with van der Waals surface area (Å²) in [4.78, 5) is 27.1. The molecule has 0 spiro atoms. The molecule has 9 heteroatoms. The van der Waals surface area contributed by atoms with Crippen LogP contribution in [0.25, 0.3) is 10.9 Å². The fourth-order valence-electron chi connectivity index (χ4n) is 8.60. The molecule has 8 rings (SSSR count). The fourth-order valence-corrected chi connectivity index (χ4v) is 8.60. The van der Waals surface area contributed by atoms with Gasteiger partial charge in [-0.25, -0.2) is 14.4 Å². The van der Waals surface area contributed by atoms with Crippen LogP contribution < -0.4 is 20.9 Å². The normalized spacial score (nSPS) is 24.6. The Morgan fingerprint density at radius 3 is 2.46 bits per heavy atom. The molecule has 50 heavy (non-hydrogen) atoms. The van der Waals surface area contributed by atoms with Crippen LogP contribution in [-0.2, 0) is 25.8 Å². The number of guanidine groups is 1. The van der Waals surface area contributed by atoms with E-state index in [2.05, 4.69) is 55.4 Å². The van der Waals surface area contributed by atoms with Crippen molar-refractivity contribution in [1.29, 1.82) is 0 Å². The number of nitrogens with zero attached hydrogens (tertiary/aromatic N) is 4. The van der Waals surface area contributed by atoms with E-state index >= 15 is 0 Å². The molecule has 4 aliphatic rings. The SMILES string of the molecule is COc1ccc(CCc2nc3cc(NC(=N[C@H]4C[C@@H]5C[C@H]([C@@H]4C)C5(C)C)N4CCN[C@@H](C)C4)ccc3c(=O)n2CCc2ccc(F)cc2)cc1. The van der Waals surface area contributed by atoms with E-state index in [1.807, 2.05) is 30.3 Å². The third-order valence-corrected chi connectivity index (χ3v) is 11.9.